The van der Waals surface area contributed by atoms with Crippen LogP contribution >= 0.6 is 34.7 Å². The van der Waals surface area contributed by atoms with Gasteiger partial charge in [0.1, 0.15) is 4.83 Å². The van der Waals surface area contributed by atoms with Crippen LogP contribution in [0.3, 0.4) is 0 Å². The number of aromatic nitrogens is 2. The van der Waals surface area contributed by atoms with Crippen molar-refractivity contribution in [1.29, 1.82) is 0 Å². The van der Waals surface area contributed by atoms with E-state index in [0.29, 0.717) is 21.1 Å². The molecule has 1 atom stereocenters. The van der Waals surface area contributed by atoms with Crippen LogP contribution in [-0.4, -0.2) is 22.2 Å². The molecule has 0 unspecified atom stereocenters. The Morgan fingerprint density at radius 3 is 2.81 bits per heavy atom. The summed E-state index contributed by atoms with van der Waals surface area (Å²) in [5.74, 6) is -0.242. The fourth-order valence-corrected chi connectivity index (χ4v) is 4.20. The molecule has 1 aromatic carbocycles. The van der Waals surface area contributed by atoms with Crippen LogP contribution in [0.25, 0.3) is 10.2 Å². The number of H-pyrrole nitrogens is 1. The summed E-state index contributed by atoms with van der Waals surface area (Å²) in [6.07, 6.45) is 1.20. The van der Waals surface area contributed by atoms with Gasteiger partial charge in [0.05, 0.1) is 16.0 Å². The summed E-state index contributed by atoms with van der Waals surface area (Å²) in [6.45, 7) is 5.52. The number of carbonyl (C=O) groups is 1. The molecule has 5 nitrogen and oxygen atoms in total. The molecular formula is C18H17ClN2O3S2. The van der Waals surface area contributed by atoms with Gasteiger partial charge in [0, 0.05) is 9.77 Å². The molecule has 3 aromatic rings. The Balaban J connectivity index is 1.90. The molecule has 0 aliphatic carbocycles. The van der Waals surface area contributed by atoms with Gasteiger partial charge >= 0.3 is 5.97 Å². The van der Waals surface area contributed by atoms with Crippen LogP contribution < -0.4 is 5.56 Å². The van der Waals surface area contributed by atoms with E-state index >= 15 is 0 Å². The lowest BCUT2D eigenvalue weighted by Crippen LogP contribution is -2.17. The minimum atomic E-state index is -0.712. The van der Waals surface area contributed by atoms with Crippen LogP contribution in [0.4, 0.5) is 0 Å². The van der Waals surface area contributed by atoms with Crippen molar-refractivity contribution in [3.63, 3.8) is 0 Å². The van der Waals surface area contributed by atoms with E-state index in [0.717, 1.165) is 15.3 Å². The van der Waals surface area contributed by atoms with Gasteiger partial charge in [-0.15, -0.1) is 23.1 Å². The molecule has 136 valence electrons. The number of halogens is 1. The third-order valence-electron chi connectivity index (χ3n) is 4.12. The number of thiophene rings is 1. The number of thioether (sulfide) groups is 1. The topological polar surface area (TPSA) is 72.0 Å². The fourth-order valence-electron chi connectivity index (χ4n) is 2.53. The average Bonchev–Trinajstić information content (AvgIpc) is 2.89. The van der Waals surface area contributed by atoms with Gasteiger partial charge in [-0.05, 0) is 50.8 Å². The number of nitrogens with zero attached hydrogens (tertiary/aromatic N) is 1. The van der Waals surface area contributed by atoms with E-state index in [1.165, 1.54) is 23.1 Å². The number of hydrogen-bond acceptors (Lipinski definition) is 6. The summed E-state index contributed by atoms with van der Waals surface area (Å²) in [5, 5.41) is 0.909. The minimum Gasteiger partial charge on any atom is -0.451 e. The number of esters is 1. The zero-order valence-corrected chi connectivity index (χ0v) is 17.1. The summed E-state index contributed by atoms with van der Waals surface area (Å²) in [5.41, 5.74) is 0.990. The summed E-state index contributed by atoms with van der Waals surface area (Å²) in [4.78, 5) is 34.7. The predicted octanol–water partition coefficient (Wildman–Crippen LogP) is 4.89. The number of aryl methyl sites for hydroxylation is 2. The second-order valence-corrected chi connectivity index (χ2v) is 8.30. The molecule has 2 aromatic heterocycles. The number of ether oxygens (including phenoxy) is 1. The van der Waals surface area contributed by atoms with Crippen molar-refractivity contribution in [1.82, 2.24) is 9.97 Å². The lowest BCUT2D eigenvalue weighted by Gasteiger charge is -2.13. The van der Waals surface area contributed by atoms with Crippen molar-refractivity contribution in [3.05, 3.63) is 55.4 Å². The normalized spacial score (nSPS) is 12.3. The summed E-state index contributed by atoms with van der Waals surface area (Å²) in [6, 6.07) is 5.19. The maximum Gasteiger partial charge on any atom is 0.340 e. The minimum absolute atomic E-state index is 0.225. The third-order valence-corrected chi connectivity index (χ3v) is 6.28. The van der Waals surface area contributed by atoms with E-state index in [-0.39, 0.29) is 11.1 Å². The number of carbonyl (C=O) groups excluding carboxylic acids is 1. The van der Waals surface area contributed by atoms with Crippen LogP contribution in [-0.2, 0) is 4.74 Å². The van der Waals surface area contributed by atoms with Crippen LogP contribution in [0, 0.1) is 13.8 Å². The molecule has 0 saturated carbocycles. The van der Waals surface area contributed by atoms with Gasteiger partial charge in [-0.1, -0.05) is 11.6 Å². The highest BCUT2D eigenvalue weighted by Crippen LogP contribution is 2.28. The quantitative estimate of drug-likeness (QED) is 0.491. The van der Waals surface area contributed by atoms with Crippen LogP contribution in [0.1, 0.15) is 39.7 Å². The lowest BCUT2D eigenvalue weighted by molar-refractivity contribution is 0.0320. The van der Waals surface area contributed by atoms with E-state index in [1.54, 1.807) is 19.1 Å². The molecule has 3 rings (SSSR count). The average molecular weight is 409 g/mol. The first-order valence-electron chi connectivity index (χ1n) is 7.86. The van der Waals surface area contributed by atoms with Crippen LogP contribution in [0.15, 0.2) is 27.9 Å². The van der Waals surface area contributed by atoms with Gasteiger partial charge in [-0.2, -0.15) is 0 Å². The van der Waals surface area contributed by atoms with Gasteiger partial charge in [0.15, 0.2) is 11.9 Å². The molecule has 2 heterocycles. The van der Waals surface area contributed by atoms with Gasteiger partial charge in [-0.3, -0.25) is 4.79 Å². The monoisotopic (exact) mass is 408 g/mol. The lowest BCUT2D eigenvalue weighted by atomic mass is 10.2. The van der Waals surface area contributed by atoms with Crippen molar-refractivity contribution < 1.29 is 9.53 Å². The first kappa shape index (κ1) is 18.9. The Morgan fingerprint density at radius 1 is 1.38 bits per heavy atom. The summed E-state index contributed by atoms with van der Waals surface area (Å²) >= 11 is 9.08. The maximum absolute atomic E-state index is 12.5. The van der Waals surface area contributed by atoms with Crippen molar-refractivity contribution in [2.24, 2.45) is 0 Å². The van der Waals surface area contributed by atoms with Crippen molar-refractivity contribution >= 4 is 50.9 Å². The Morgan fingerprint density at radius 2 is 2.12 bits per heavy atom. The molecule has 0 aliphatic rings. The smallest absolute Gasteiger partial charge is 0.340 e. The van der Waals surface area contributed by atoms with Crippen LogP contribution in [0.5, 0.6) is 0 Å². The second-order valence-electron chi connectivity index (χ2n) is 5.81. The molecule has 0 bridgehead atoms. The van der Waals surface area contributed by atoms with Gasteiger partial charge < -0.3 is 9.72 Å². The van der Waals surface area contributed by atoms with Gasteiger partial charge in [0.2, 0.25) is 0 Å². The zero-order chi connectivity index (χ0) is 19.0. The Hall–Kier alpha value is -1.83. The van der Waals surface area contributed by atoms with E-state index in [1.807, 2.05) is 26.2 Å². The highest BCUT2D eigenvalue weighted by atomic mass is 35.5. The highest BCUT2D eigenvalue weighted by Gasteiger charge is 2.20. The van der Waals surface area contributed by atoms with E-state index in [2.05, 4.69) is 9.97 Å². The largest absolute Gasteiger partial charge is 0.451 e. The second kappa shape index (κ2) is 7.42. The zero-order valence-electron chi connectivity index (χ0n) is 14.7. The number of aromatic amines is 1. The van der Waals surface area contributed by atoms with Gasteiger partial charge in [-0.25, -0.2) is 9.78 Å². The molecular weight excluding hydrogens is 392 g/mol. The molecule has 0 saturated heterocycles. The number of rotatable bonds is 4. The summed E-state index contributed by atoms with van der Waals surface area (Å²) < 4.78 is 5.48. The van der Waals surface area contributed by atoms with Crippen LogP contribution in [0.2, 0.25) is 5.02 Å². The SMILES string of the molecule is CSc1ccc(Cl)c(C(=O)O[C@H](C)c2nc3sc(C)c(C)c3c(=O)[nH]2)c1. The number of benzene rings is 1. The highest BCUT2D eigenvalue weighted by molar-refractivity contribution is 7.98. The van der Waals surface area contributed by atoms with Gasteiger partial charge in [0.25, 0.3) is 5.56 Å². The first-order valence-corrected chi connectivity index (χ1v) is 10.3. The Kier molecular flexibility index (Phi) is 5.41. The fraction of sp³-hybridized carbons (Fsp3) is 0.278. The summed E-state index contributed by atoms with van der Waals surface area (Å²) in [7, 11) is 0. The molecule has 0 aliphatic heterocycles. The standard InChI is InChI=1S/C18H17ClN2O3S2/c1-8-10(3)26-17-14(8)16(22)20-15(21-17)9(2)24-18(23)12-7-11(25-4)5-6-13(12)19/h5-7,9H,1-4H3,(H,20,21,22)/t9-/m1/s1. The van der Waals surface area contributed by atoms with E-state index < -0.39 is 12.1 Å². The number of nitrogens with one attached hydrogen (secondary N) is 1. The van der Waals surface area contributed by atoms with Crippen molar-refractivity contribution in [3.8, 4) is 0 Å². The Labute approximate surface area is 163 Å². The number of fused-ring (bicyclic) bond motifs is 1. The Bertz CT molecular complexity index is 1060. The number of hydrogen-bond donors (Lipinski definition) is 1. The van der Waals surface area contributed by atoms with Crippen molar-refractivity contribution in [2.75, 3.05) is 6.26 Å². The third kappa shape index (κ3) is 3.51. The molecule has 0 radical (unpaired) electrons. The molecule has 1 N–H and O–H groups in total. The van der Waals surface area contributed by atoms with E-state index in [4.69, 9.17) is 16.3 Å². The molecule has 0 spiro atoms. The maximum atomic E-state index is 12.5. The molecule has 0 amide bonds. The van der Waals surface area contributed by atoms with E-state index in [9.17, 15) is 9.59 Å². The molecule has 8 heteroatoms. The predicted molar refractivity (Wildman–Crippen MR) is 107 cm³/mol. The first-order chi connectivity index (χ1) is 12.3. The molecule has 0 fully saturated rings. The van der Waals surface area contributed by atoms with Crippen molar-refractivity contribution in [2.45, 2.75) is 31.8 Å². The molecule has 26 heavy (non-hydrogen) atoms.